The zero-order valence-corrected chi connectivity index (χ0v) is 8.01. The van der Waals surface area contributed by atoms with Crippen molar-refractivity contribution >= 4 is 16.1 Å². The smallest absolute Gasteiger partial charge is 0.399 e. The summed E-state index contributed by atoms with van der Waals surface area (Å²) in [6.07, 6.45) is -0.186. The monoisotopic (exact) mass is 193 g/mol. The molecule has 1 rings (SSSR count). The number of hydrogen-bond donors (Lipinski definition) is 0. The van der Waals surface area contributed by atoms with Crippen LogP contribution in [0.4, 0.5) is 0 Å². The van der Waals surface area contributed by atoms with Gasteiger partial charge in [-0.1, -0.05) is 4.40 Å². The van der Waals surface area contributed by atoms with E-state index < -0.39 is 14.8 Å². The van der Waals surface area contributed by atoms with Gasteiger partial charge in [0.15, 0.2) is 0 Å². The standard InChI is InChI=1S/C6H11NO4S/c1-6(2)4-11-5(10-3)7-12(6,8)9/h4H2,1-3H3. The Morgan fingerprint density at radius 3 is 2.58 bits per heavy atom. The summed E-state index contributed by atoms with van der Waals surface area (Å²) in [6, 6.07) is 0. The van der Waals surface area contributed by atoms with Gasteiger partial charge in [0.25, 0.3) is 10.0 Å². The van der Waals surface area contributed by atoms with E-state index in [0.717, 1.165) is 0 Å². The SMILES string of the molecule is COC1=NS(=O)(=O)C(C)(C)CO1. The summed E-state index contributed by atoms with van der Waals surface area (Å²) in [6.45, 7) is 3.18. The van der Waals surface area contributed by atoms with E-state index in [9.17, 15) is 8.42 Å². The summed E-state index contributed by atoms with van der Waals surface area (Å²) in [7, 11) is -2.17. The van der Waals surface area contributed by atoms with E-state index >= 15 is 0 Å². The number of nitrogens with zero attached hydrogens (tertiary/aromatic N) is 1. The first-order valence-electron chi connectivity index (χ1n) is 3.40. The molecule has 0 aliphatic carbocycles. The van der Waals surface area contributed by atoms with Gasteiger partial charge in [0.05, 0.1) is 7.11 Å². The van der Waals surface area contributed by atoms with Crippen LogP contribution in [-0.4, -0.2) is 33.0 Å². The molecular weight excluding hydrogens is 182 g/mol. The summed E-state index contributed by atoms with van der Waals surface area (Å²) >= 11 is 0. The zero-order chi connectivity index (χ0) is 9.41. The Hall–Kier alpha value is -0.780. The molecule has 0 aromatic rings. The Labute approximate surface area is 71.4 Å². The molecule has 0 fully saturated rings. The largest absolute Gasteiger partial charge is 0.453 e. The fraction of sp³-hybridized carbons (Fsp3) is 0.833. The highest BCUT2D eigenvalue weighted by atomic mass is 32.2. The molecule has 0 N–H and O–H groups in total. The second-order valence-electron chi connectivity index (χ2n) is 3.08. The fourth-order valence-corrected chi connectivity index (χ4v) is 1.43. The van der Waals surface area contributed by atoms with E-state index in [-0.39, 0.29) is 12.7 Å². The van der Waals surface area contributed by atoms with Crippen molar-refractivity contribution in [1.82, 2.24) is 0 Å². The second kappa shape index (κ2) is 2.62. The van der Waals surface area contributed by atoms with Crippen molar-refractivity contribution in [2.24, 2.45) is 4.40 Å². The van der Waals surface area contributed by atoms with Gasteiger partial charge in [-0.15, -0.1) is 0 Å². The lowest BCUT2D eigenvalue weighted by atomic mass is 10.2. The third kappa shape index (κ3) is 1.38. The van der Waals surface area contributed by atoms with Gasteiger partial charge < -0.3 is 9.47 Å². The molecule has 0 saturated heterocycles. The number of methoxy groups -OCH3 is 1. The molecule has 12 heavy (non-hydrogen) atoms. The number of rotatable bonds is 0. The Kier molecular flexibility index (Phi) is 2.03. The van der Waals surface area contributed by atoms with Crippen LogP contribution in [0.2, 0.25) is 0 Å². The first kappa shape index (κ1) is 9.31. The Morgan fingerprint density at radius 2 is 2.17 bits per heavy atom. The van der Waals surface area contributed by atoms with Crippen molar-refractivity contribution in [3.8, 4) is 0 Å². The van der Waals surface area contributed by atoms with E-state index in [0.29, 0.717) is 0 Å². The predicted octanol–water partition coefficient (Wildman–Crippen LogP) is 0.127. The molecule has 0 radical (unpaired) electrons. The van der Waals surface area contributed by atoms with Crippen LogP contribution in [0.3, 0.4) is 0 Å². The summed E-state index contributed by atoms with van der Waals surface area (Å²) in [5, 5.41) is 0. The average Bonchev–Trinajstić information content (AvgIpc) is 1.95. The average molecular weight is 193 g/mol. The molecule has 0 aromatic carbocycles. The zero-order valence-electron chi connectivity index (χ0n) is 7.20. The minimum Gasteiger partial charge on any atom is -0.453 e. The van der Waals surface area contributed by atoms with Crippen LogP contribution < -0.4 is 0 Å². The normalized spacial score (nSPS) is 25.4. The lowest BCUT2D eigenvalue weighted by molar-refractivity contribution is 0.174. The minimum absolute atomic E-state index is 0.0714. The molecule has 0 amide bonds. The van der Waals surface area contributed by atoms with E-state index in [1.165, 1.54) is 7.11 Å². The van der Waals surface area contributed by atoms with Crippen molar-refractivity contribution in [3.63, 3.8) is 0 Å². The van der Waals surface area contributed by atoms with Crippen molar-refractivity contribution in [1.29, 1.82) is 0 Å². The van der Waals surface area contributed by atoms with Crippen molar-refractivity contribution in [3.05, 3.63) is 0 Å². The Bertz CT molecular complexity index is 304. The van der Waals surface area contributed by atoms with Crippen LogP contribution in [0, 0.1) is 0 Å². The van der Waals surface area contributed by atoms with Crippen molar-refractivity contribution in [2.45, 2.75) is 18.6 Å². The maximum Gasteiger partial charge on any atom is 0.399 e. The second-order valence-corrected chi connectivity index (χ2v) is 5.32. The molecule has 70 valence electrons. The van der Waals surface area contributed by atoms with Gasteiger partial charge in [-0.25, -0.2) is 8.42 Å². The molecule has 1 aliphatic rings. The highest BCUT2D eigenvalue weighted by molar-refractivity contribution is 7.91. The molecule has 6 heteroatoms. The molecule has 0 unspecified atom stereocenters. The summed E-state index contributed by atoms with van der Waals surface area (Å²) < 4.78 is 34.5. The van der Waals surface area contributed by atoms with Gasteiger partial charge >= 0.3 is 6.08 Å². The highest BCUT2D eigenvalue weighted by Gasteiger charge is 2.40. The Morgan fingerprint density at radius 1 is 1.58 bits per heavy atom. The van der Waals surface area contributed by atoms with Gasteiger partial charge in [0, 0.05) is 0 Å². The van der Waals surface area contributed by atoms with Gasteiger partial charge in [0.1, 0.15) is 11.4 Å². The number of sulfonamides is 1. The van der Waals surface area contributed by atoms with Gasteiger partial charge in [-0.3, -0.25) is 0 Å². The third-order valence-corrected chi connectivity index (χ3v) is 3.51. The summed E-state index contributed by atoms with van der Waals surface area (Å²) in [5.74, 6) is 0. The maximum absolute atomic E-state index is 11.3. The third-order valence-electron chi connectivity index (χ3n) is 1.61. The highest BCUT2D eigenvalue weighted by Crippen LogP contribution is 2.23. The van der Waals surface area contributed by atoms with Gasteiger partial charge in [0.2, 0.25) is 0 Å². The topological polar surface area (TPSA) is 65.0 Å². The number of ether oxygens (including phenoxy) is 2. The van der Waals surface area contributed by atoms with E-state index in [1.807, 2.05) is 0 Å². The van der Waals surface area contributed by atoms with Crippen LogP contribution in [-0.2, 0) is 19.5 Å². The molecule has 1 heterocycles. The summed E-state index contributed by atoms with van der Waals surface area (Å²) in [5.41, 5.74) is 0. The van der Waals surface area contributed by atoms with E-state index in [4.69, 9.17) is 4.74 Å². The van der Waals surface area contributed by atoms with Gasteiger partial charge in [-0.05, 0) is 13.8 Å². The molecule has 0 saturated carbocycles. The van der Waals surface area contributed by atoms with Crippen LogP contribution in [0.1, 0.15) is 13.8 Å². The lowest BCUT2D eigenvalue weighted by Gasteiger charge is -2.25. The van der Waals surface area contributed by atoms with E-state index in [1.54, 1.807) is 13.8 Å². The van der Waals surface area contributed by atoms with Crippen LogP contribution in [0.15, 0.2) is 4.40 Å². The van der Waals surface area contributed by atoms with Crippen LogP contribution in [0.5, 0.6) is 0 Å². The molecular formula is C6H11NO4S. The van der Waals surface area contributed by atoms with Crippen LogP contribution >= 0.6 is 0 Å². The van der Waals surface area contributed by atoms with Crippen molar-refractivity contribution < 1.29 is 17.9 Å². The quantitative estimate of drug-likeness (QED) is 0.548. The molecule has 0 spiro atoms. The molecule has 0 aromatic heterocycles. The van der Waals surface area contributed by atoms with Crippen molar-refractivity contribution in [2.75, 3.05) is 13.7 Å². The molecule has 0 bridgehead atoms. The minimum atomic E-state index is -3.48. The lowest BCUT2D eigenvalue weighted by Crippen LogP contribution is -2.41. The number of hydrogen-bond acceptors (Lipinski definition) is 4. The summed E-state index contributed by atoms with van der Waals surface area (Å²) in [4.78, 5) is 0. The maximum atomic E-state index is 11.3. The first-order valence-corrected chi connectivity index (χ1v) is 4.84. The Balaban J connectivity index is 3.09. The molecule has 5 nitrogen and oxygen atoms in total. The molecule has 1 aliphatic heterocycles. The first-order chi connectivity index (χ1) is 5.39. The predicted molar refractivity (Wildman–Crippen MR) is 43.4 cm³/mol. The van der Waals surface area contributed by atoms with Gasteiger partial charge in [-0.2, -0.15) is 0 Å². The van der Waals surface area contributed by atoms with Crippen LogP contribution in [0.25, 0.3) is 0 Å². The molecule has 0 atom stereocenters. The fourth-order valence-electron chi connectivity index (χ4n) is 0.654. The van der Waals surface area contributed by atoms with E-state index in [2.05, 4.69) is 9.13 Å².